The highest BCUT2D eigenvalue weighted by Gasteiger charge is 2.49. The van der Waals surface area contributed by atoms with Crippen molar-refractivity contribution in [2.75, 3.05) is 13.2 Å². The lowest BCUT2D eigenvalue weighted by Crippen LogP contribution is -2.26. The fourth-order valence-corrected chi connectivity index (χ4v) is 11.6. The quantitative estimate of drug-likeness (QED) is 0.0437. The number of carbonyl (C=O) groups is 2. The molecule has 0 aromatic rings. The maximum atomic E-state index is 14.5. The van der Waals surface area contributed by atoms with Gasteiger partial charge in [0.15, 0.2) is 0 Å². The Labute approximate surface area is 440 Å². The van der Waals surface area contributed by atoms with Gasteiger partial charge in [0.05, 0.1) is 40.8 Å². The number of hydrogen-bond donors (Lipinski definition) is 2. The van der Waals surface area contributed by atoms with Gasteiger partial charge in [-0.3, -0.25) is 9.59 Å². The highest BCUT2D eigenvalue weighted by atomic mass is 16.5. The number of allylic oxidation sites excluding steroid dienone is 12. The van der Waals surface area contributed by atoms with Crippen molar-refractivity contribution in [2.24, 2.45) is 50.5 Å². The van der Waals surface area contributed by atoms with Gasteiger partial charge in [0, 0.05) is 46.4 Å². The zero-order valence-electron chi connectivity index (χ0n) is 47.0. The van der Waals surface area contributed by atoms with Crippen LogP contribution < -0.4 is 5.32 Å². The van der Waals surface area contributed by atoms with Gasteiger partial charge < -0.3 is 19.9 Å². The minimum absolute atomic E-state index is 0.0476. The number of nitrogens with one attached hydrogen (secondary N) is 1. The van der Waals surface area contributed by atoms with E-state index >= 15 is 0 Å². The van der Waals surface area contributed by atoms with Crippen LogP contribution in [0, 0.1) is 35.5 Å². The SMILES string of the molecule is C=CC1=C(C)C2=NC1=CC1=NC(=CC3=C(C)C4=C(O)[C@@H](C(=O)OCCCCCCCCCC)C(=C5NC(=C2)[C@@H](C)[C@@H]5CCC(=O)OC/C=C(\C)CCC[C@H](C)CCC[C@H](C)CCCC(C)C)C4=N3)C(CC)=C1C. The zero-order valence-corrected chi connectivity index (χ0v) is 47.0. The fraction of sp³-hybridized carbons (Fsp3) is 0.609. The van der Waals surface area contributed by atoms with E-state index in [1.165, 1.54) is 82.6 Å². The number of nitrogens with zero attached hydrogens (tertiary/aromatic N) is 3. The Bertz CT molecular complexity index is 2460. The van der Waals surface area contributed by atoms with Crippen LogP contribution in [0.2, 0.25) is 0 Å². The highest BCUT2D eigenvalue weighted by Crippen LogP contribution is 2.49. The maximum Gasteiger partial charge on any atom is 0.321 e. The predicted octanol–water partition coefficient (Wildman–Crippen LogP) is 16.5. The van der Waals surface area contributed by atoms with Crippen LogP contribution in [0.4, 0.5) is 0 Å². The average Bonchev–Trinajstić information content (AvgIpc) is 4.10. The van der Waals surface area contributed by atoms with Crippen molar-refractivity contribution in [1.29, 1.82) is 0 Å². The maximum absolute atomic E-state index is 14.5. The first kappa shape index (κ1) is 57.2. The first-order chi connectivity index (χ1) is 35.1. The molecule has 1 fully saturated rings. The molecule has 398 valence electrons. The molecule has 1 saturated heterocycles. The third-order valence-corrected chi connectivity index (χ3v) is 16.4. The topological polar surface area (TPSA) is 122 Å². The number of hydrogen-bond acceptors (Lipinski definition) is 9. The van der Waals surface area contributed by atoms with Gasteiger partial charge in [-0.2, -0.15) is 0 Å². The number of carbonyl (C=O) groups excluding carboxylic acids is 2. The summed E-state index contributed by atoms with van der Waals surface area (Å²) < 4.78 is 11.9. The van der Waals surface area contributed by atoms with Crippen molar-refractivity contribution in [2.45, 2.75) is 205 Å². The van der Waals surface area contributed by atoms with E-state index < -0.39 is 11.9 Å². The van der Waals surface area contributed by atoms with Gasteiger partial charge in [0.25, 0.3) is 0 Å². The van der Waals surface area contributed by atoms with Crippen molar-refractivity contribution < 1.29 is 24.2 Å². The Balaban J connectivity index is 1.22. The monoisotopic (exact) mass is 997 g/mol. The van der Waals surface area contributed by atoms with E-state index in [-0.39, 0.29) is 43.2 Å². The van der Waals surface area contributed by atoms with Gasteiger partial charge in [-0.15, -0.1) is 0 Å². The summed E-state index contributed by atoms with van der Waals surface area (Å²) in [5.41, 5.74) is 13.5. The molecular formula is C64H92N4O5. The van der Waals surface area contributed by atoms with Gasteiger partial charge in [-0.25, -0.2) is 15.0 Å². The van der Waals surface area contributed by atoms with Crippen molar-refractivity contribution in [3.05, 3.63) is 116 Å². The molecule has 5 aliphatic heterocycles. The molecule has 0 aromatic carbocycles. The van der Waals surface area contributed by atoms with Crippen molar-refractivity contribution in [1.82, 2.24) is 5.32 Å². The molecule has 0 spiro atoms. The Morgan fingerprint density at radius 1 is 0.767 bits per heavy atom. The van der Waals surface area contributed by atoms with Crippen molar-refractivity contribution >= 4 is 29.1 Å². The first-order valence-electron chi connectivity index (χ1n) is 28.7. The van der Waals surface area contributed by atoms with E-state index in [0.29, 0.717) is 29.0 Å². The van der Waals surface area contributed by atoms with Crippen LogP contribution in [0.25, 0.3) is 0 Å². The average molecular weight is 997 g/mol. The number of rotatable bonds is 29. The molecule has 0 radical (unpaired) electrons. The largest absolute Gasteiger partial charge is 0.510 e. The highest BCUT2D eigenvalue weighted by molar-refractivity contribution is 6.24. The summed E-state index contributed by atoms with van der Waals surface area (Å²) in [4.78, 5) is 43.7. The second kappa shape index (κ2) is 27.5. The summed E-state index contributed by atoms with van der Waals surface area (Å²) in [5, 5.41) is 16.1. The third kappa shape index (κ3) is 14.6. The molecule has 2 N–H and O–H groups in total. The molecule has 5 heterocycles. The number of aliphatic imine (C=N–C) groups is 3. The van der Waals surface area contributed by atoms with Crippen LogP contribution in [0.3, 0.4) is 0 Å². The van der Waals surface area contributed by atoms with Crippen molar-refractivity contribution in [3.8, 4) is 0 Å². The minimum Gasteiger partial charge on any atom is -0.510 e. The van der Waals surface area contributed by atoms with E-state index in [1.54, 1.807) is 0 Å². The normalized spacial score (nSPS) is 21.4. The van der Waals surface area contributed by atoms with Gasteiger partial charge in [-0.1, -0.05) is 157 Å². The summed E-state index contributed by atoms with van der Waals surface area (Å²) >= 11 is 0. The lowest BCUT2D eigenvalue weighted by molar-refractivity contribution is -0.147. The number of aliphatic hydroxyl groups excluding tert-OH is 1. The van der Waals surface area contributed by atoms with Crippen LogP contribution in [-0.2, 0) is 19.1 Å². The lowest BCUT2D eigenvalue weighted by Gasteiger charge is -2.21. The number of aliphatic hydroxyl groups is 1. The summed E-state index contributed by atoms with van der Waals surface area (Å²) in [6, 6.07) is 0. The lowest BCUT2D eigenvalue weighted by atomic mass is 9.84. The van der Waals surface area contributed by atoms with Crippen LogP contribution in [0.5, 0.6) is 0 Å². The Morgan fingerprint density at radius 2 is 1.41 bits per heavy atom. The van der Waals surface area contributed by atoms with Crippen LogP contribution in [0.15, 0.2) is 131 Å². The van der Waals surface area contributed by atoms with Gasteiger partial charge in [-0.05, 0) is 124 Å². The molecule has 8 bridgehead atoms. The van der Waals surface area contributed by atoms with E-state index in [1.807, 2.05) is 19.1 Å². The number of unbranched alkanes of at least 4 members (excludes halogenated alkanes) is 7. The molecule has 9 nitrogen and oxygen atoms in total. The predicted molar refractivity (Wildman–Crippen MR) is 303 cm³/mol. The third-order valence-electron chi connectivity index (χ3n) is 16.4. The van der Waals surface area contributed by atoms with E-state index in [4.69, 9.17) is 24.5 Å². The van der Waals surface area contributed by atoms with Gasteiger partial charge in [0.1, 0.15) is 18.3 Å². The Morgan fingerprint density at radius 3 is 2.08 bits per heavy atom. The van der Waals surface area contributed by atoms with E-state index in [0.717, 1.165) is 118 Å². The molecule has 1 aliphatic carbocycles. The molecular weight excluding hydrogens is 905 g/mol. The smallest absolute Gasteiger partial charge is 0.321 e. The summed E-state index contributed by atoms with van der Waals surface area (Å²) in [6.45, 7) is 28.9. The van der Waals surface area contributed by atoms with Crippen LogP contribution >= 0.6 is 0 Å². The fourth-order valence-electron chi connectivity index (χ4n) is 11.6. The summed E-state index contributed by atoms with van der Waals surface area (Å²) in [7, 11) is 0. The molecule has 6 rings (SSSR count). The number of fused-ring (bicyclic) bond motifs is 5. The molecule has 5 atom stereocenters. The van der Waals surface area contributed by atoms with Crippen LogP contribution in [0.1, 0.15) is 205 Å². The van der Waals surface area contributed by atoms with Crippen molar-refractivity contribution in [3.63, 3.8) is 0 Å². The second-order valence-corrected chi connectivity index (χ2v) is 22.6. The van der Waals surface area contributed by atoms with E-state index in [9.17, 15) is 14.7 Å². The standard InChI is InChI=1S/C64H92N4O5/c1-13-16-17-18-19-20-21-22-35-73-64(71)60-59-61-50(32-33-57(69)72-36-34-43(8)31-25-30-42(7)29-24-28-41(6)27-23-26-40(4)5)46(11)53(67-61)37-51-44(9)48(14-2)55(65-51)38-52-45(10)49(15-3)56(66-52)39-54-47(12)58(63(60)70)62(59)68-54/h14,34,37-42,46,50,60,67,70H,2,13,15-33,35-36H2,1,3-12H3/b43-34+,53-37?,55-38?,56-39?,61-59?/t41-,42-,46+,50+,60+/m1/s1. The van der Waals surface area contributed by atoms with E-state index in [2.05, 4.69) is 99.4 Å². The Kier molecular flexibility index (Phi) is 21.5. The summed E-state index contributed by atoms with van der Waals surface area (Å²) in [5.74, 6) is 0.106. The van der Waals surface area contributed by atoms with Gasteiger partial charge in [0.2, 0.25) is 0 Å². The molecule has 0 saturated carbocycles. The van der Waals surface area contributed by atoms with Gasteiger partial charge >= 0.3 is 11.9 Å². The number of ether oxygens (including phenoxy) is 2. The first-order valence-corrected chi connectivity index (χ1v) is 28.7. The van der Waals surface area contributed by atoms with Crippen LogP contribution in [-0.4, -0.2) is 47.4 Å². The molecule has 0 unspecified atom stereocenters. The number of esters is 2. The summed E-state index contributed by atoms with van der Waals surface area (Å²) in [6.07, 6.45) is 31.8. The Hall–Kier alpha value is -5.05. The zero-order chi connectivity index (χ0) is 52.8. The molecule has 0 aromatic heterocycles. The molecule has 73 heavy (non-hydrogen) atoms. The molecule has 0 amide bonds. The minimum atomic E-state index is -1.07. The molecule has 6 aliphatic rings. The molecule has 9 heteroatoms. The second-order valence-electron chi connectivity index (χ2n) is 22.6.